The van der Waals surface area contributed by atoms with E-state index < -0.39 is 17.8 Å². The number of nitrogens with zero attached hydrogens (tertiary/aromatic N) is 2. The van der Waals surface area contributed by atoms with Crippen LogP contribution in [0.3, 0.4) is 0 Å². The van der Waals surface area contributed by atoms with Gasteiger partial charge < -0.3 is 5.11 Å². The summed E-state index contributed by atoms with van der Waals surface area (Å²) in [6.45, 7) is 0. The van der Waals surface area contributed by atoms with Crippen molar-refractivity contribution in [3.8, 4) is 0 Å². The monoisotopic (exact) mass is 258 g/mol. The highest BCUT2D eigenvalue weighted by atomic mass is 19.3. The zero-order valence-electron chi connectivity index (χ0n) is 10.2. The number of carbonyl (C=O) groups is 1. The van der Waals surface area contributed by atoms with Crippen molar-refractivity contribution in [2.45, 2.75) is 43.9 Å². The number of aromatic nitrogens is 2. The summed E-state index contributed by atoms with van der Waals surface area (Å²) >= 11 is 0. The first-order chi connectivity index (χ1) is 8.47. The molecule has 0 radical (unpaired) electrons. The molecule has 6 heteroatoms. The fraction of sp³-hybridized carbons (Fsp3) is 0.667. The molecule has 0 aliphatic heterocycles. The quantitative estimate of drug-likeness (QED) is 0.906. The minimum atomic E-state index is -2.74. The van der Waals surface area contributed by atoms with Crippen LogP contribution in [0.15, 0.2) is 6.20 Å². The topological polar surface area (TPSA) is 55.1 Å². The molecule has 100 valence electrons. The third-order valence-electron chi connectivity index (χ3n) is 3.70. The molecule has 1 aliphatic rings. The number of aliphatic carboxylic acids is 1. The zero-order chi connectivity index (χ0) is 13.3. The Morgan fingerprint density at radius 3 is 2.56 bits per heavy atom. The van der Waals surface area contributed by atoms with E-state index in [4.69, 9.17) is 0 Å². The molecular weight excluding hydrogens is 242 g/mol. The fourth-order valence-electron chi connectivity index (χ4n) is 2.79. The SMILES string of the molecule is Cn1cc(C2(C(=O)O)CCCCC2)c(C(F)F)n1. The van der Waals surface area contributed by atoms with Crippen molar-refractivity contribution in [1.82, 2.24) is 9.78 Å². The maximum absolute atomic E-state index is 13.0. The van der Waals surface area contributed by atoms with Crippen LogP contribution in [0.5, 0.6) is 0 Å². The third-order valence-corrected chi connectivity index (χ3v) is 3.70. The number of hydrogen-bond acceptors (Lipinski definition) is 2. The Morgan fingerprint density at radius 2 is 2.06 bits per heavy atom. The van der Waals surface area contributed by atoms with Crippen LogP contribution in [-0.4, -0.2) is 20.9 Å². The van der Waals surface area contributed by atoms with E-state index in [9.17, 15) is 18.7 Å². The van der Waals surface area contributed by atoms with E-state index in [1.54, 1.807) is 0 Å². The number of aryl methyl sites for hydroxylation is 1. The molecule has 0 spiro atoms. The number of halogens is 2. The molecular formula is C12H16F2N2O2. The van der Waals surface area contributed by atoms with Crippen molar-refractivity contribution in [2.75, 3.05) is 0 Å². The molecule has 18 heavy (non-hydrogen) atoms. The van der Waals surface area contributed by atoms with Gasteiger partial charge >= 0.3 is 5.97 Å². The summed E-state index contributed by atoms with van der Waals surface area (Å²) in [6, 6.07) is 0. The molecule has 1 fully saturated rings. The second-order valence-corrected chi connectivity index (χ2v) is 4.85. The van der Waals surface area contributed by atoms with E-state index in [1.807, 2.05) is 0 Å². The van der Waals surface area contributed by atoms with Gasteiger partial charge in [0.25, 0.3) is 6.43 Å². The van der Waals surface area contributed by atoms with E-state index in [2.05, 4.69) is 5.10 Å². The molecule has 1 aromatic heterocycles. The van der Waals surface area contributed by atoms with Gasteiger partial charge in [-0.05, 0) is 12.8 Å². The Labute approximate surface area is 104 Å². The summed E-state index contributed by atoms with van der Waals surface area (Å²) in [5.41, 5.74) is -1.38. The van der Waals surface area contributed by atoms with Crippen LogP contribution >= 0.6 is 0 Å². The Morgan fingerprint density at radius 1 is 1.44 bits per heavy atom. The molecule has 1 saturated carbocycles. The van der Waals surface area contributed by atoms with Gasteiger partial charge in [-0.2, -0.15) is 5.10 Å². The molecule has 1 aliphatic carbocycles. The van der Waals surface area contributed by atoms with Gasteiger partial charge in [-0.15, -0.1) is 0 Å². The Bertz CT molecular complexity index is 451. The van der Waals surface area contributed by atoms with E-state index >= 15 is 0 Å². The molecule has 0 aromatic carbocycles. The van der Waals surface area contributed by atoms with Gasteiger partial charge in [0.1, 0.15) is 5.69 Å². The van der Waals surface area contributed by atoms with Crippen molar-refractivity contribution < 1.29 is 18.7 Å². The number of rotatable bonds is 3. The lowest BCUT2D eigenvalue weighted by atomic mass is 9.69. The molecule has 4 nitrogen and oxygen atoms in total. The van der Waals surface area contributed by atoms with Crippen molar-refractivity contribution in [3.05, 3.63) is 17.5 Å². The maximum Gasteiger partial charge on any atom is 0.314 e. The Balaban J connectivity index is 2.51. The molecule has 0 saturated heterocycles. The first-order valence-electron chi connectivity index (χ1n) is 6.03. The van der Waals surface area contributed by atoms with Gasteiger partial charge in [0.2, 0.25) is 0 Å². The molecule has 0 bridgehead atoms. The summed E-state index contributed by atoms with van der Waals surface area (Å²) in [6.07, 6.45) is 1.98. The summed E-state index contributed by atoms with van der Waals surface area (Å²) in [5.74, 6) is -1.02. The van der Waals surface area contributed by atoms with E-state index in [1.165, 1.54) is 17.9 Å². The van der Waals surface area contributed by atoms with Gasteiger partial charge in [0.05, 0.1) is 5.41 Å². The lowest BCUT2D eigenvalue weighted by Crippen LogP contribution is -2.38. The number of alkyl halides is 2. The summed E-state index contributed by atoms with van der Waals surface area (Å²) in [4.78, 5) is 11.6. The summed E-state index contributed by atoms with van der Waals surface area (Å²) in [7, 11) is 1.54. The Kier molecular flexibility index (Phi) is 3.36. The van der Waals surface area contributed by atoms with Gasteiger partial charge in [0.15, 0.2) is 0 Å². The Hall–Kier alpha value is -1.46. The summed E-state index contributed by atoms with van der Waals surface area (Å²) < 4.78 is 27.2. The zero-order valence-corrected chi connectivity index (χ0v) is 10.2. The predicted octanol–water partition coefficient (Wildman–Crippen LogP) is 2.64. The second kappa shape index (κ2) is 4.66. The van der Waals surface area contributed by atoms with Crippen LogP contribution in [0.4, 0.5) is 8.78 Å². The molecule has 0 amide bonds. The van der Waals surface area contributed by atoms with Crippen LogP contribution in [0.2, 0.25) is 0 Å². The molecule has 0 atom stereocenters. The highest BCUT2D eigenvalue weighted by Gasteiger charge is 2.45. The number of carboxylic acids is 1. The molecule has 1 heterocycles. The van der Waals surface area contributed by atoms with Crippen LogP contribution in [0, 0.1) is 0 Å². The average Bonchev–Trinajstić information content (AvgIpc) is 2.72. The lowest BCUT2D eigenvalue weighted by Gasteiger charge is -2.33. The highest BCUT2D eigenvalue weighted by molar-refractivity contribution is 5.81. The largest absolute Gasteiger partial charge is 0.481 e. The first kappa shape index (κ1) is 13.0. The van der Waals surface area contributed by atoms with E-state index in [-0.39, 0.29) is 11.3 Å². The number of carboxylic acid groups (broad SMARTS) is 1. The molecule has 2 rings (SSSR count). The summed E-state index contributed by atoms with van der Waals surface area (Å²) in [5, 5.41) is 13.2. The van der Waals surface area contributed by atoms with Crippen molar-refractivity contribution >= 4 is 5.97 Å². The minimum Gasteiger partial charge on any atom is -0.481 e. The lowest BCUT2D eigenvalue weighted by molar-refractivity contribution is -0.145. The molecule has 1 aromatic rings. The van der Waals surface area contributed by atoms with Crippen molar-refractivity contribution in [2.24, 2.45) is 7.05 Å². The smallest absolute Gasteiger partial charge is 0.314 e. The van der Waals surface area contributed by atoms with Gasteiger partial charge in [-0.1, -0.05) is 19.3 Å². The van der Waals surface area contributed by atoms with Crippen LogP contribution in [0.1, 0.15) is 49.8 Å². The fourth-order valence-corrected chi connectivity index (χ4v) is 2.79. The second-order valence-electron chi connectivity index (χ2n) is 4.85. The van der Waals surface area contributed by atoms with Crippen molar-refractivity contribution in [1.29, 1.82) is 0 Å². The highest BCUT2D eigenvalue weighted by Crippen LogP contribution is 2.42. The first-order valence-corrected chi connectivity index (χ1v) is 6.03. The van der Waals surface area contributed by atoms with Crippen molar-refractivity contribution in [3.63, 3.8) is 0 Å². The predicted molar refractivity (Wildman–Crippen MR) is 60.6 cm³/mol. The molecule has 1 N–H and O–H groups in total. The van der Waals surface area contributed by atoms with Gasteiger partial charge in [0, 0.05) is 18.8 Å². The normalized spacial score (nSPS) is 19.1. The van der Waals surface area contributed by atoms with E-state index in [0.29, 0.717) is 12.8 Å². The minimum absolute atomic E-state index is 0.187. The van der Waals surface area contributed by atoms with Crippen LogP contribution in [0.25, 0.3) is 0 Å². The van der Waals surface area contributed by atoms with E-state index in [0.717, 1.165) is 19.3 Å². The van der Waals surface area contributed by atoms with Crippen LogP contribution < -0.4 is 0 Å². The maximum atomic E-state index is 13.0. The van der Waals surface area contributed by atoms with Crippen LogP contribution in [-0.2, 0) is 17.3 Å². The standard InChI is InChI=1S/C12H16F2N2O2/c1-16-7-8(9(15-16)10(13)14)12(11(17)18)5-3-2-4-6-12/h7,10H,2-6H2,1H3,(H,17,18). The average molecular weight is 258 g/mol. The third kappa shape index (κ3) is 2.00. The van der Waals surface area contributed by atoms with Gasteiger partial charge in [-0.3, -0.25) is 9.48 Å². The van der Waals surface area contributed by atoms with Gasteiger partial charge in [-0.25, -0.2) is 8.78 Å². The molecule has 0 unspecified atom stereocenters. The number of hydrogen-bond donors (Lipinski definition) is 1.